The molecule has 0 unspecified atom stereocenters. The molecule has 0 aliphatic heterocycles. The van der Waals surface area contributed by atoms with Gasteiger partial charge in [0.1, 0.15) is 5.82 Å². The summed E-state index contributed by atoms with van der Waals surface area (Å²) in [6.07, 6.45) is 1.48. The monoisotopic (exact) mass is 280 g/mol. The lowest BCUT2D eigenvalue weighted by atomic mass is 10.2. The number of hydrogen-bond donors (Lipinski definition) is 1. The minimum Gasteiger partial charge on any atom is -0.321 e. The molecule has 0 aliphatic rings. The summed E-state index contributed by atoms with van der Waals surface area (Å²) in [7, 11) is 1.57. The van der Waals surface area contributed by atoms with Gasteiger partial charge in [0.25, 0.3) is 5.91 Å². The lowest BCUT2D eigenvalue weighted by molar-refractivity contribution is 0.102. The summed E-state index contributed by atoms with van der Waals surface area (Å²) in [5, 5.41) is 2.61. The summed E-state index contributed by atoms with van der Waals surface area (Å²) < 4.78 is 14.2. The molecule has 0 radical (unpaired) electrons. The van der Waals surface area contributed by atoms with Crippen molar-refractivity contribution in [3.05, 3.63) is 63.3 Å². The molecule has 4 nitrogen and oxygen atoms in total. The number of pyridine rings is 1. The number of carbonyl (C=O) groups is 1. The van der Waals surface area contributed by atoms with Crippen LogP contribution in [0.25, 0.3) is 0 Å². The molecule has 1 aromatic carbocycles. The van der Waals surface area contributed by atoms with Crippen molar-refractivity contribution in [2.75, 3.05) is 5.32 Å². The predicted molar refractivity (Wildman–Crippen MR) is 71.0 cm³/mol. The van der Waals surface area contributed by atoms with Gasteiger partial charge in [0, 0.05) is 19.3 Å². The number of hydrogen-bond acceptors (Lipinski definition) is 2. The lowest BCUT2D eigenvalue weighted by Crippen LogP contribution is -2.18. The topological polar surface area (TPSA) is 51.1 Å². The Morgan fingerprint density at radius 3 is 2.68 bits per heavy atom. The molecular formula is C13H10ClFN2O2. The first kappa shape index (κ1) is 13.3. The first-order chi connectivity index (χ1) is 8.97. The van der Waals surface area contributed by atoms with Crippen molar-refractivity contribution in [3.8, 4) is 0 Å². The lowest BCUT2D eigenvalue weighted by Gasteiger charge is -2.07. The fourth-order valence-corrected chi connectivity index (χ4v) is 1.79. The Balaban J connectivity index is 2.25. The fraction of sp³-hybridized carbons (Fsp3) is 0.0769. The van der Waals surface area contributed by atoms with Crippen LogP contribution in [0.4, 0.5) is 10.1 Å². The van der Waals surface area contributed by atoms with Crippen LogP contribution < -0.4 is 10.9 Å². The maximum Gasteiger partial charge on any atom is 0.257 e. The smallest absolute Gasteiger partial charge is 0.257 e. The summed E-state index contributed by atoms with van der Waals surface area (Å²) in [6, 6.07) is 6.34. The third kappa shape index (κ3) is 3.00. The van der Waals surface area contributed by atoms with E-state index in [1.165, 1.54) is 29.0 Å². The van der Waals surface area contributed by atoms with Gasteiger partial charge in [0.15, 0.2) is 0 Å². The van der Waals surface area contributed by atoms with Crippen LogP contribution in [0.3, 0.4) is 0 Å². The van der Waals surface area contributed by atoms with Crippen molar-refractivity contribution >= 4 is 23.2 Å². The van der Waals surface area contributed by atoms with Gasteiger partial charge in [-0.1, -0.05) is 11.6 Å². The zero-order valence-electron chi connectivity index (χ0n) is 9.98. The number of anilines is 1. The minimum atomic E-state index is -0.511. The summed E-state index contributed by atoms with van der Waals surface area (Å²) in [5.41, 5.74) is 0.433. The Morgan fingerprint density at radius 1 is 1.32 bits per heavy atom. The Bertz CT molecular complexity index is 697. The molecule has 6 heteroatoms. The molecule has 0 aliphatic carbocycles. The molecule has 0 bridgehead atoms. The van der Waals surface area contributed by atoms with Crippen LogP contribution in [-0.2, 0) is 7.05 Å². The van der Waals surface area contributed by atoms with Gasteiger partial charge in [-0.05, 0) is 24.3 Å². The first-order valence-corrected chi connectivity index (χ1v) is 5.78. The SMILES string of the molecule is Cn1cc(NC(=O)c2ccc(F)cc2Cl)ccc1=O. The van der Waals surface area contributed by atoms with Crippen molar-refractivity contribution in [1.29, 1.82) is 0 Å². The largest absolute Gasteiger partial charge is 0.321 e. The molecule has 1 amide bonds. The number of benzene rings is 1. The summed E-state index contributed by atoms with van der Waals surface area (Å²) in [6.45, 7) is 0. The number of aromatic nitrogens is 1. The van der Waals surface area contributed by atoms with Crippen LogP contribution in [0.15, 0.2) is 41.3 Å². The number of nitrogens with zero attached hydrogens (tertiary/aromatic N) is 1. The van der Waals surface area contributed by atoms with E-state index < -0.39 is 11.7 Å². The number of rotatable bonds is 2. The van der Waals surface area contributed by atoms with E-state index in [0.29, 0.717) is 5.69 Å². The number of aryl methyl sites for hydroxylation is 1. The number of nitrogens with one attached hydrogen (secondary N) is 1. The molecule has 0 saturated heterocycles. The van der Waals surface area contributed by atoms with Gasteiger partial charge in [-0.3, -0.25) is 9.59 Å². The molecule has 2 aromatic rings. The van der Waals surface area contributed by atoms with Crippen LogP contribution in [0.2, 0.25) is 5.02 Å². The van der Waals surface area contributed by atoms with Crippen molar-refractivity contribution in [2.45, 2.75) is 0 Å². The van der Waals surface area contributed by atoms with Crippen molar-refractivity contribution in [3.63, 3.8) is 0 Å². The van der Waals surface area contributed by atoms with Crippen LogP contribution in [0, 0.1) is 5.82 Å². The van der Waals surface area contributed by atoms with Crippen molar-refractivity contribution in [2.24, 2.45) is 7.05 Å². The molecule has 1 heterocycles. The van der Waals surface area contributed by atoms with Crippen molar-refractivity contribution in [1.82, 2.24) is 4.57 Å². The maximum atomic E-state index is 12.9. The van der Waals surface area contributed by atoms with Gasteiger partial charge in [0.2, 0.25) is 5.56 Å². The van der Waals surface area contributed by atoms with Crippen LogP contribution in [0.1, 0.15) is 10.4 Å². The average Bonchev–Trinajstić information content (AvgIpc) is 2.33. The maximum absolute atomic E-state index is 12.9. The summed E-state index contributed by atoms with van der Waals surface area (Å²) in [5.74, 6) is -0.979. The Morgan fingerprint density at radius 2 is 2.05 bits per heavy atom. The van der Waals surface area contributed by atoms with E-state index >= 15 is 0 Å². The highest BCUT2D eigenvalue weighted by molar-refractivity contribution is 6.34. The molecule has 1 N–H and O–H groups in total. The number of amides is 1. The Labute approximate surface area is 113 Å². The molecule has 0 saturated carbocycles. The van der Waals surface area contributed by atoms with Crippen LogP contribution in [0.5, 0.6) is 0 Å². The molecule has 0 spiro atoms. The van der Waals surface area contributed by atoms with E-state index in [1.54, 1.807) is 7.05 Å². The fourth-order valence-electron chi connectivity index (χ4n) is 1.54. The molecule has 1 aromatic heterocycles. The number of halogens is 2. The molecule has 98 valence electrons. The summed E-state index contributed by atoms with van der Waals surface area (Å²) >= 11 is 5.79. The normalized spacial score (nSPS) is 10.3. The van der Waals surface area contributed by atoms with Gasteiger partial charge in [-0.25, -0.2) is 4.39 Å². The molecule has 2 rings (SSSR count). The molecular weight excluding hydrogens is 271 g/mol. The number of carbonyl (C=O) groups excluding carboxylic acids is 1. The molecule has 0 fully saturated rings. The standard InChI is InChI=1S/C13H10ClFN2O2/c1-17-7-9(3-5-12(17)18)16-13(19)10-4-2-8(15)6-11(10)14/h2-7H,1H3,(H,16,19). The predicted octanol–water partition coefficient (Wildman–Crippen LogP) is 2.43. The van der Waals surface area contributed by atoms with Gasteiger partial charge in [-0.15, -0.1) is 0 Å². The zero-order chi connectivity index (χ0) is 14.0. The second-order valence-electron chi connectivity index (χ2n) is 3.95. The minimum absolute atomic E-state index is 0.0299. The summed E-state index contributed by atoms with van der Waals surface area (Å²) in [4.78, 5) is 23.1. The Kier molecular flexibility index (Phi) is 3.66. The quantitative estimate of drug-likeness (QED) is 0.918. The van der Waals surface area contributed by atoms with Gasteiger partial charge in [-0.2, -0.15) is 0 Å². The first-order valence-electron chi connectivity index (χ1n) is 5.40. The van der Waals surface area contributed by atoms with Crippen LogP contribution >= 0.6 is 11.6 Å². The van der Waals surface area contributed by atoms with Gasteiger partial charge in [0.05, 0.1) is 16.3 Å². The van der Waals surface area contributed by atoms with Crippen LogP contribution in [-0.4, -0.2) is 10.5 Å². The second-order valence-corrected chi connectivity index (χ2v) is 4.35. The third-order valence-corrected chi connectivity index (χ3v) is 2.83. The van der Waals surface area contributed by atoms with E-state index in [1.807, 2.05) is 0 Å². The Hall–Kier alpha value is -2.14. The highest BCUT2D eigenvalue weighted by Gasteiger charge is 2.11. The van der Waals surface area contributed by atoms with E-state index in [2.05, 4.69) is 5.32 Å². The average molecular weight is 281 g/mol. The van der Waals surface area contributed by atoms with E-state index in [4.69, 9.17) is 11.6 Å². The van der Waals surface area contributed by atoms with E-state index in [-0.39, 0.29) is 16.1 Å². The molecule has 19 heavy (non-hydrogen) atoms. The highest BCUT2D eigenvalue weighted by Crippen LogP contribution is 2.18. The van der Waals surface area contributed by atoms with E-state index in [0.717, 1.165) is 12.1 Å². The van der Waals surface area contributed by atoms with E-state index in [9.17, 15) is 14.0 Å². The van der Waals surface area contributed by atoms with Crippen molar-refractivity contribution < 1.29 is 9.18 Å². The highest BCUT2D eigenvalue weighted by atomic mass is 35.5. The second kappa shape index (κ2) is 5.24. The zero-order valence-corrected chi connectivity index (χ0v) is 10.7. The molecule has 0 atom stereocenters. The van der Waals surface area contributed by atoms with Gasteiger partial charge >= 0.3 is 0 Å². The van der Waals surface area contributed by atoms with Gasteiger partial charge < -0.3 is 9.88 Å². The third-order valence-electron chi connectivity index (χ3n) is 2.52.